The van der Waals surface area contributed by atoms with E-state index < -0.39 is 4.92 Å². The maximum absolute atomic E-state index is 10.9. The van der Waals surface area contributed by atoms with Gasteiger partial charge in [0, 0.05) is 12.6 Å². The Morgan fingerprint density at radius 2 is 2.37 bits per heavy atom. The minimum atomic E-state index is -0.522. The molecular formula is C11H17N5O3. The first kappa shape index (κ1) is 13.5. The van der Waals surface area contributed by atoms with Crippen molar-refractivity contribution in [2.45, 2.75) is 38.3 Å². The Morgan fingerprint density at radius 1 is 1.63 bits per heavy atom. The van der Waals surface area contributed by atoms with E-state index in [1.807, 2.05) is 13.8 Å². The van der Waals surface area contributed by atoms with Crippen molar-refractivity contribution in [1.29, 1.82) is 0 Å². The summed E-state index contributed by atoms with van der Waals surface area (Å²) in [6, 6.07) is 0.0664. The quantitative estimate of drug-likeness (QED) is 0.626. The van der Waals surface area contributed by atoms with Crippen LogP contribution in [0.2, 0.25) is 0 Å². The lowest BCUT2D eigenvalue weighted by molar-refractivity contribution is -0.384. The number of nitrogens with one attached hydrogen (secondary N) is 1. The number of nitrogens with zero attached hydrogens (tertiary/aromatic N) is 3. The SMILES string of the molecule is CC1(C)CC(Nc2nc(N)ncc2[N+](=O)[O-])CCO1. The van der Waals surface area contributed by atoms with Crippen LogP contribution in [-0.4, -0.2) is 33.1 Å². The Kier molecular flexibility index (Phi) is 3.52. The zero-order valence-corrected chi connectivity index (χ0v) is 10.9. The molecule has 1 aromatic heterocycles. The third kappa shape index (κ3) is 3.28. The second-order valence-electron chi connectivity index (χ2n) is 5.16. The van der Waals surface area contributed by atoms with E-state index in [-0.39, 0.29) is 29.1 Å². The molecule has 19 heavy (non-hydrogen) atoms. The summed E-state index contributed by atoms with van der Waals surface area (Å²) < 4.78 is 5.60. The molecule has 2 rings (SSSR count). The van der Waals surface area contributed by atoms with Crippen LogP contribution in [0.25, 0.3) is 0 Å². The summed E-state index contributed by atoms with van der Waals surface area (Å²) in [7, 11) is 0. The van der Waals surface area contributed by atoms with Crippen molar-refractivity contribution in [3.05, 3.63) is 16.3 Å². The Morgan fingerprint density at radius 3 is 3.00 bits per heavy atom. The molecule has 0 saturated carbocycles. The topological polar surface area (TPSA) is 116 Å². The lowest BCUT2D eigenvalue weighted by Gasteiger charge is -2.35. The monoisotopic (exact) mass is 267 g/mol. The molecule has 0 aromatic carbocycles. The Hall–Kier alpha value is -1.96. The molecule has 8 heteroatoms. The van der Waals surface area contributed by atoms with E-state index in [1.165, 1.54) is 0 Å². The summed E-state index contributed by atoms with van der Waals surface area (Å²) in [5.41, 5.74) is 5.06. The fraction of sp³-hybridized carbons (Fsp3) is 0.636. The third-order valence-electron chi connectivity index (χ3n) is 3.02. The van der Waals surface area contributed by atoms with Crippen LogP contribution < -0.4 is 11.1 Å². The molecule has 1 aromatic rings. The molecule has 1 aliphatic heterocycles. The zero-order valence-electron chi connectivity index (χ0n) is 10.9. The molecule has 1 atom stereocenters. The number of hydrogen-bond acceptors (Lipinski definition) is 7. The summed E-state index contributed by atoms with van der Waals surface area (Å²) in [6.07, 6.45) is 2.63. The van der Waals surface area contributed by atoms with Gasteiger partial charge in [0.25, 0.3) is 0 Å². The lowest BCUT2D eigenvalue weighted by Crippen LogP contribution is -2.40. The molecule has 3 N–H and O–H groups in total. The van der Waals surface area contributed by atoms with E-state index >= 15 is 0 Å². The Labute approximate surface area is 110 Å². The molecule has 0 amide bonds. The van der Waals surface area contributed by atoms with Crippen molar-refractivity contribution in [2.75, 3.05) is 17.7 Å². The van der Waals surface area contributed by atoms with Crippen molar-refractivity contribution in [2.24, 2.45) is 0 Å². The maximum atomic E-state index is 10.9. The van der Waals surface area contributed by atoms with Gasteiger partial charge in [0.2, 0.25) is 11.8 Å². The van der Waals surface area contributed by atoms with Gasteiger partial charge in [-0.05, 0) is 26.7 Å². The fourth-order valence-electron chi connectivity index (χ4n) is 2.18. The number of ether oxygens (including phenoxy) is 1. The average Bonchev–Trinajstić information content (AvgIpc) is 2.27. The van der Waals surface area contributed by atoms with E-state index in [2.05, 4.69) is 15.3 Å². The van der Waals surface area contributed by atoms with Gasteiger partial charge in [-0.15, -0.1) is 0 Å². The summed E-state index contributed by atoms with van der Waals surface area (Å²) >= 11 is 0. The van der Waals surface area contributed by atoms with Gasteiger partial charge in [-0.1, -0.05) is 0 Å². The van der Waals surface area contributed by atoms with Crippen molar-refractivity contribution in [3.8, 4) is 0 Å². The van der Waals surface area contributed by atoms with Crippen LogP contribution in [0.1, 0.15) is 26.7 Å². The van der Waals surface area contributed by atoms with Gasteiger partial charge in [0.15, 0.2) is 0 Å². The lowest BCUT2D eigenvalue weighted by atomic mass is 9.94. The fourth-order valence-corrected chi connectivity index (χ4v) is 2.18. The highest BCUT2D eigenvalue weighted by Gasteiger charge is 2.30. The van der Waals surface area contributed by atoms with Crippen LogP contribution in [0.15, 0.2) is 6.20 Å². The largest absolute Gasteiger partial charge is 0.375 e. The molecule has 0 radical (unpaired) electrons. The molecule has 1 aliphatic rings. The highest BCUT2D eigenvalue weighted by molar-refractivity contribution is 5.56. The first-order valence-corrected chi connectivity index (χ1v) is 6.05. The van der Waals surface area contributed by atoms with Crippen molar-refractivity contribution in [3.63, 3.8) is 0 Å². The predicted octanol–water partition coefficient (Wildman–Crippen LogP) is 1.34. The van der Waals surface area contributed by atoms with Crippen LogP contribution in [0.3, 0.4) is 0 Å². The Bertz CT molecular complexity index is 491. The molecule has 8 nitrogen and oxygen atoms in total. The summed E-state index contributed by atoms with van der Waals surface area (Å²) in [4.78, 5) is 18.0. The number of anilines is 2. The van der Waals surface area contributed by atoms with E-state index in [9.17, 15) is 10.1 Å². The first-order chi connectivity index (χ1) is 8.87. The molecule has 0 bridgehead atoms. The predicted molar refractivity (Wildman–Crippen MR) is 69.8 cm³/mol. The minimum Gasteiger partial charge on any atom is -0.375 e. The molecule has 1 fully saturated rings. The second-order valence-corrected chi connectivity index (χ2v) is 5.16. The average molecular weight is 267 g/mol. The van der Waals surface area contributed by atoms with Gasteiger partial charge in [-0.2, -0.15) is 4.98 Å². The molecule has 1 unspecified atom stereocenters. The standard InChI is InChI=1S/C11H17N5O3/c1-11(2)5-7(3-4-19-11)14-9-8(16(17)18)6-13-10(12)15-9/h6-7H,3-5H2,1-2H3,(H3,12,13,14,15). The minimum absolute atomic E-state index is 0.0134. The molecule has 2 heterocycles. The highest BCUT2D eigenvalue weighted by Crippen LogP contribution is 2.28. The van der Waals surface area contributed by atoms with Gasteiger partial charge in [-0.25, -0.2) is 4.98 Å². The maximum Gasteiger partial charge on any atom is 0.329 e. The van der Waals surface area contributed by atoms with E-state index in [4.69, 9.17) is 10.5 Å². The molecule has 1 saturated heterocycles. The normalized spacial score (nSPS) is 21.9. The summed E-state index contributed by atoms with van der Waals surface area (Å²) in [5.74, 6) is 0.180. The number of aromatic nitrogens is 2. The van der Waals surface area contributed by atoms with Crippen LogP contribution in [0, 0.1) is 10.1 Å². The second kappa shape index (κ2) is 4.96. The molecule has 0 aliphatic carbocycles. The van der Waals surface area contributed by atoms with Gasteiger partial charge < -0.3 is 15.8 Å². The van der Waals surface area contributed by atoms with Crippen LogP contribution in [0.5, 0.6) is 0 Å². The van der Waals surface area contributed by atoms with Crippen molar-refractivity contribution < 1.29 is 9.66 Å². The molecule has 104 valence electrons. The summed E-state index contributed by atoms with van der Waals surface area (Å²) in [5, 5.41) is 14.0. The number of nitrogen functional groups attached to an aromatic ring is 1. The highest BCUT2D eigenvalue weighted by atomic mass is 16.6. The molecule has 0 spiro atoms. The number of nitro groups is 1. The van der Waals surface area contributed by atoms with E-state index in [1.54, 1.807) is 0 Å². The smallest absolute Gasteiger partial charge is 0.329 e. The van der Waals surface area contributed by atoms with Crippen molar-refractivity contribution >= 4 is 17.5 Å². The zero-order chi connectivity index (χ0) is 14.0. The third-order valence-corrected chi connectivity index (χ3v) is 3.02. The molecular weight excluding hydrogens is 250 g/mol. The van der Waals surface area contributed by atoms with Crippen LogP contribution in [0.4, 0.5) is 17.5 Å². The van der Waals surface area contributed by atoms with E-state index in [0.29, 0.717) is 6.61 Å². The number of hydrogen-bond donors (Lipinski definition) is 2. The number of rotatable bonds is 3. The number of nitrogens with two attached hydrogens (primary N) is 1. The Balaban J connectivity index is 2.18. The van der Waals surface area contributed by atoms with Crippen LogP contribution in [-0.2, 0) is 4.74 Å². The van der Waals surface area contributed by atoms with Gasteiger partial charge in [-0.3, -0.25) is 10.1 Å². The summed E-state index contributed by atoms with van der Waals surface area (Å²) in [6.45, 7) is 4.59. The van der Waals surface area contributed by atoms with Crippen molar-refractivity contribution in [1.82, 2.24) is 9.97 Å². The van der Waals surface area contributed by atoms with Gasteiger partial charge >= 0.3 is 5.69 Å². The first-order valence-electron chi connectivity index (χ1n) is 6.05. The van der Waals surface area contributed by atoms with E-state index in [0.717, 1.165) is 19.0 Å². The van der Waals surface area contributed by atoms with Gasteiger partial charge in [0.05, 0.1) is 10.5 Å². The van der Waals surface area contributed by atoms with Gasteiger partial charge in [0.1, 0.15) is 6.20 Å². The van der Waals surface area contributed by atoms with Crippen LogP contribution >= 0.6 is 0 Å².